The van der Waals surface area contributed by atoms with E-state index in [2.05, 4.69) is 35.0 Å². The SMILES string of the molecule is Cc1cc(Br)ccc1CC1(O)CC1. The van der Waals surface area contributed by atoms with E-state index in [-0.39, 0.29) is 5.60 Å². The second-order valence-corrected chi connectivity index (χ2v) is 4.89. The molecule has 1 fully saturated rings. The van der Waals surface area contributed by atoms with Crippen LogP contribution in [0.3, 0.4) is 0 Å². The zero-order valence-corrected chi connectivity index (χ0v) is 9.26. The number of halogens is 1. The summed E-state index contributed by atoms with van der Waals surface area (Å²) in [5.74, 6) is 0. The minimum absolute atomic E-state index is 0.376. The summed E-state index contributed by atoms with van der Waals surface area (Å²) in [6, 6.07) is 6.23. The van der Waals surface area contributed by atoms with Crippen molar-refractivity contribution in [1.82, 2.24) is 0 Å². The monoisotopic (exact) mass is 240 g/mol. The Balaban J connectivity index is 2.20. The van der Waals surface area contributed by atoms with E-state index < -0.39 is 0 Å². The molecule has 1 aliphatic carbocycles. The minimum atomic E-state index is -0.376. The van der Waals surface area contributed by atoms with E-state index in [0.717, 1.165) is 23.7 Å². The van der Waals surface area contributed by atoms with Gasteiger partial charge in [-0.05, 0) is 43.0 Å². The predicted molar refractivity (Wildman–Crippen MR) is 56.8 cm³/mol. The first-order valence-corrected chi connectivity index (χ1v) is 5.36. The normalized spacial score (nSPS) is 18.7. The van der Waals surface area contributed by atoms with Crippen LogP contribution in [0.15, 0.2) is 22.7 Å². The number of aryl methyl sites for hydroxylation is 1. The van der Waals surface area contributed by atoms with Crippen LogP contribution in [-0.2, 0) is 6.42 Å². The highest BCUT2D eigenvalue weighted by atomic mass is 79.9. The number of hydrogen-bond donors (Lipinski definition) is 1. The summed E-state index contributed by atoms with van der Waals surface area (Å²) in [5.41, 5.74) is 2.15. The first-order valence-electron chi connectivity index (χ1n) is 4.56. The summed E-state index contributed by atoms with van der Waals surface area (Å²) in [6.07, 6.45) is 2.73. The van der Waals surface area contributed by atoms with Crippen molar-refractivity contribution in [3.05, 3.63) is 33.8 Å². The quantitative estimate of drug-likeness (QED) is 0.844. The molecule has 0 spiro atoms. The van der Waals surface area contributed by atoms with Gasteiger partial charge in [0.1, 0.15) is 0 Å². The van der Waals surface area contributed by atoms with Crippen molar-refractivity contribution in [2.75, 3.05) is 0 Å². The number of aliphatic hydroxyl groups is 1. The van der Waals surface area contributed by atoms with Gasteiger partial charge in [0.15, 0.2) is 0 Å². The van der Waals surface area contributed by atoms with Gasteiger partial charge in [-0.3, -0.25) is 0 Å². The summed E-state index contributed by atoms with van der Waals surface area (Å²) >= 11 is 3.43. The van der Waals surface area contributed by atoms with Crippen LogP contribution >= 0.6 is 15.9 Å². The lowest BCUT2D eigenvalue weighted by Gasteiger charge is -2.10. The molecular weight excluding hydrogens is 228 g/mol. The number of benzene rings is 1. The van der Waals surface area contributed by atoms with Crippen LogP contribution in [-0.4, -0.2) is 10.7 Å². The lowest BCUT2D eigenvalue weighted by molar-refractivity contribution is 0.151. The lowest BCUT2D eigenvalue weighted by Crippen LogP contribution is -2.11. The third-order valence-electron chi connectivity index (χ3n) is 2.65. The molecule has 0 saturated heterocycles. The summed E-state index contributed by atoms with van der Waals surface area (Å²) < 4.78 is 1.11. The summed E-state index contributed by atoms with van der Waals surface area (Å²) in [5, 5.41) is 9.76. The highest BCUT2D eigenvalue weighted by molar-refractivity contribution is 9.10. The summed E-state index contributed by atoms with van der Waals surface area (Å²) in [4.78, 5) is 0. The fourth-order valence-corrected chi connectivity index (χ4v) is 2.01. The number of hydrogen-bond acceptors (Lipinski definition) is 1. The summed E-state index contributed by atoms with van der Waals surface area (Å²) in [7, 11) is 0. The number of rotatable bonds is 2. The van der Waals surface area contributed by atoms with Crippen molar-refractivity contribution in [1.29, 1.82) is 0 Å². The lowest BCUT2D eigenvalue weighted by atomic mass is 10.0. The van der Waals surface area contributed by atoms with E-state index in [9.17, 15) is 5.11 Å². The van der Waals surface area contributed by atoms with Gasteiger partial charge >= 0.3 is 0 Å². The zero-order valence-electron chi connectivity index (χ0n) is 7.68. The molecule has 1 aromatic carbocycles. The molecule has 1 N–H and O–H groups in total. The zero-order chi connectivity index (χ0) is 9.47. The Hall–Kier alpha value is -0.340. The molecule has 1 nitrogen and oxygen atoms in total. The van der Waals surface area contributed by atoms with Crippen LogP contribution in [0.4, 0.5) is 0 Å². The molecule has 0 aromatic heterocycles. The predicted octanol–water partition coefficient (Wildman–Crippen LogP) is 2.82. The molecule has 0 unspecified atom stereocenters. The molecular formula is C11H13BrO. The Morgan fingerprint density at radius 2 is 2.15 bits per heavy atom. The van der Waals surface area contributed by atoms with Crippen molar-refractivity contribution < 1.29 is 5.11 Å². The van der Waals surface area contributed by atoms with Gasteiger partial charge in [-0.15, -0.1) is 0 Å². The maximum atomic E-state index is 9.76. The smallest absolute Gasteiger partial charge is 0.0690 e. The van der Waals surface area contributed by atoms with Crippen molar-refractivity contribution in [3.63, 3.8) is 0 Å². The molecule has 2 heteroatoms. The molecule has 0 bridgehead atoms. The standard InChI is InChI=1S/C11H13BrO/c1-8-6-10(12)3-2-9(8)7-11(13)4-5-11/h2-3,6,13H,4-5,7H2,1H3. The third kappa shape index (κ3) is 2.12. The second kappa shape index (κ2) is 3.10. The fraction of sp³-hybridized carbons (Fsp3) is 0.455. The Labute approximate surface area is 86.9 Å². The van der Waals surface area contributed by atoms with Crippen molar-refractivity contribution in [3.8, 4) is 0 Å². The minimum Gasteiger partial charge on any atom is -0.390 e. The van der Waals surface area contributed by atoms with Gasteiger partial charge in [0, 0.05) is 10.9 Å². The van der Waals surface area contributed by atoms with Crippen LogP contribution < -0.4 is 0 Å². The highest BCUT2D eigenvalue weighted by Crippen LogP contribution is 2.38. The average Bonchev–Trinajstić information content (AvgIpc) is 2.75. The van der Waals surface area contributed by atoms with E-state index in [0.29, 0.717) is 0 Å². The van der Waals surface area contributed by atoms with Gasteiger partial charge in [0.2, 0.25) is 0 Å². The molecule has 1 aromatic rings. The third-order valence-corrected chi connectivity index (χ3v) is 3.14. The van der Waals surface area contributed by atoms with Gasteiger partial charge < -0.3 is 5.11 Å². The molecule has 1 aliphatic rings. The molecule has 0 heterocycles. The largest absolute Gasteiger partial charge is 0.390 e. The van der Waals surface area contributed by atoms with Crippen molar-refractivity contribution in [2.24, 2.45) is 0 Å². The van der Waals surface area contributed by atoms with E-state index in [1.54, 1.807) is 0 Å². The van der Waals surface area contributed by atoms with E-state index in [1.807, 2.05) is 6.07 Å². The molecule has 13 heavy (non-hydrogen) atoms. The molecule has 70 valence electrons. The van der Waals surface area contributed by atoms with E-state index in [1.165, 1.54) is 11.1 Å². The maximum Gasteiger partial charge on any atom is 0.0690 e. The molecule has 0 atom stereocenters. The van der Waals surface area contributed by atoms with Crippen molar-refractivity contribution in [2.45, 2.75) is 31.8 Å². The Bertz CT molecular complexity index is 329. The highest BCUT2D eigenvalue weighted by Gasteiger charge is 2.40. The first-order chi connectivity index (χ1) is 6.09. The average molecular weight is 241 g/mol. The summed E-state index contributed by atoms with van der Waals surface area (Å²) in [6.45, 7) is 2.09. The molecule has 0 radical (unpaired) electrons. The van der Waals surface area contributed by atoms with Gasteiger partial charge in [0.25, 0.3) is 0 Å². The fourth-order valence-electron chi connectivity index (χ4n) is 1.53. The van der Waals surface area contributed by atoms with Crippen LogP contribution in [0.2, 0.25) is 0 Å². The second-order valence-electron chi connectivity index (χ2n) is 3.97. The van der Waals surface area contributed by atoms with E-state index >= 15 is 0 Å². The van der Waals surface area contributed by atoms with Crippen LogP contribution in [0.5, 0.6) is 0 Å². The Morgan fingerprint density at radius 3 is 2.69 bits per heavy atom. The van der Waals surface area contributed by atoms with Gasteiger partial charge in [0.05, 0.1) is 5.60 Å². The molecule has 1 saturated carbocycles. The molecule has 0 amide bonds. The van der Waals surface area contributed by atoms with Gasteiger partial charge in [-0.2, -0.15) is 0 Å². The van der Waals surface area contributed by atoms with Crippen LogP contribution in [0.1, 0.15) is 24.0 Å². The van der Waals surface area contributed by atoms with Crippen LogP contribution in [0.25, 0.3) is 0 Å². The molecule has 0 aliphatic heterocycles. The van der Waals surface area contributed by atoms with Gasteiger partial charge in [-0.25, -0.2) is 0 Å². The Kier molecular flexibility index (Phi) is 2.20. The molecule has 2 rings (SSSR count). The van der Waals surface area contributed by atoms with Gasteiger partial charge in [-0.1, -0.05) is 22.0 Å². The first kappa shape index (κ1) is 9.22. The maximum absolute atomic E-state index is 9.76. The van der Waals surface area contributed by atoms with Crippen molar-refractivity contribution >= 4 is 15.9 Å². The van der Waals surface area contributed by atoms with E-state index in [4.69, 9.17) is 0 Å². The topological polar surface area (TPSA) is 20.2 Å². The van der Waals surface area contributed by atoms with Crippen LogP contribution in [0, 0.1) is 6.92 Å². The Morgan fingerprint density at radius 1 is 1.46 bits per heavy atom.